The summed E-state index contributed by atoms with van der Waals surface area (Å²) < 4.78 is 25.9. The van der Waals surface area contributed by atoms with E-state index in [-0.39, 0.29) is 22.5 Å². The molecule has 2 amide bonds. The molecular formula is C20H21ClN2O4S2. The van der Waals surface area contributed by atoms with Crippen LogP contribution in [0.15, 0.2) is 46.2 Å². The second-order valence-corrected chi connectivity index (χ2v) is 11.2. The van der Waals surface area contributed by atoms with E-state index in [1.165, 1.54) is 30.8 Å². The predicted octanol–water partition coefficient (Wildman–Crippen LogP) is 4.27. The van der Waals surface area contributed by atoms with Crippen molar-refractivity contribution < 1.29 is 18.0 Å². The highest BCUT2D eigenvalue weighted by Gasteiger charge is 2.29. The van der Waals surface area contributed by atoms with Gasteiger partial charge in [-0.2, -0.15) is 0 Å². The fourth-order valence-corrected chi connectivity index (χ4v) is 5.38. The second kappa shape index (κ2) is 8.38. The van der Waals surface area contributed by atoms with Crippen LogP contribution in [0.5, 0.6) is 0 Å². The third-order valence-corrected chi connectivity index (χ3v) is 8.24. The molecule has 0 unspecified atom stereocenters. The molecule has 0 spiro atoms. The molecule has 2 N–H and O–H groups in total. The fourth-order valence-electron chi connectivity index (χ4n) is 2.90. The van der Waals surface area contributed by atoms with E-state index in [2.05, 4.69) is 10.6 Å². The van der Waals surface area contributed by atoms with E-state index in [0.29, 0.717) is 16.4 Å². The Morgan fingerprint density at radius 2 is 2.00 bits per heavy atom. The van der Waals surface area contributed by atoms with Crippen LogP contribution in [0.1, 0.15) is 25.8 Å². The Balaban J connectivity index is 1.75. The lowest BCUT2D eigenvalue weighted by molar-refractivity contribution is -0.116. The Morgan fingerprint density at radius 1 is 1.28 bits per heavy atom. The summed E-state index contributed by atoms with van der Waals surface area (Å²) in [5.41, 5.74) is 1.86. The number of amides is 2. The summed E-state index contributed by atoms with van der Waals surface area (Å²) in [6.45, 7) is 5.11. The van der Waals surface area contributed by atoms with Crippen LogP contribution in [0.4, 0.5) is 11.4 Å². The maximum absolute atomic E-state index is 13.0. The number of sulfone groups is 1. The third-order valence-electron chi connectivity index (χ3n) is 4.69. The van der Waals surface area contributed by atoms with Crippen LogP contribution in [0.2, 0.25) is 5.02 Å². The highest BCUT2D eigenvalue weighted by Crippen LogP contribution is 2.37. The van der Waals surface area contributed by atoms with E-state index in [1.54, 1.807) is 31.2 Å². The zero-order valence-corrected chi connectivity index (χ0v) is 18.5. The second-order valence-electron chi connectivity index (χ2n) is 6.97. The normalized spacial score (nSPS) is 17.2. The Kier molecular flexibility index (Phi) is 6.26. The lowest BCUT2D eigenvalue weighted by Gasteiger charge is -2.22. The molecule has 9 heteroatoms. The van der Waals surface area contributed by atoms with Crippen LogP contribution in [0, 0.1) is 6.92 Å². The first-order valence-electron chi connectivity index (χ1n) is 8.99. The molecule has 1 heterocycles. The first-order chi connectivity index (χ1) is 13.6. The quantitative estimate of drug-likeness (QED) is 0.706. The minimum atomic E-state index is -3.76. The summed E-state index contributed by atoms with van der Waals surface area (Å²) >= 11 is 7.34. The first kappa shape index (κ1) is 21.7. The Bertz CT molecular complexity index is 1090. The molecule has 29 heavy (non-hydrogen) atoms. The van der Waals surface area contributed by atoms with Crippen molar-refractivity contribution in [2.45, 2.75) is 47.5 Å². The summed E-state index contributed by atoms with van der Waals surface area (Å²) in [5.74, 6) is -0.580. The monoisotopic (exact) mass is 452 g/mol. The Morgan fingerprint density at radius 3 is 2.72 bits per heavy atom. The molecule has 1 aliphatic rings. The Labute approximate surface area is 179 Å². The smallest absolute Gasteiger partial charge is 0.237 e. The molecule has 0 radical (unpaired) electrons. The summed E-state index contributed by atoms with van der Waals surface area (Å²) in [5, 5.41) is 4.76. The molecule has 0 saturated carbocycles. The van der Waals surface area contributed by atoms with Crippen molar-refractivity contribution in [3.8, 4) is 0 Å². The van der Waals surface area contributed by atoms with E-state index in [4.69, 9.17) is 11.6 Å². The van der Waals surface area contributed by atoms with E-state index in [9.17, 15) is 18.0 Å². The van der Waals surface area contributed by atoms with E-state index in [0.717, 1.165) is 10.5 Å². The number of carbonyl (C=O) groups excluding carboxylic acids is 2. The minimum Gasteiger partial charge on any atom is -0.326 e. The summed E-state index contributed by atoms with van der Waals surface area (Å²) in [6, 6.07) is 9.77. The molecule has 154 valence electrons. The maximum atomic E-state index is 13.0. The third kappa shape index (κ3) is 4.76. The van der Waals surface area contributed by atoms with Crippen molar-refractivity contribution in [2.75, 3.05) is 10.6 Å². The number of thioether (sulfide) groups is 1. The van der Waals surface area contributed by atoms with Crippen molar-refractivity contribution in [2.24, 2.45) is 0 Å². The largest absolute Gasteiger partial charge is 0.326 e. The van der Waals surface area contributed by atoms with E-state index >= 15 is 0 Å². The highest BCUT2D eigenvalue weighted by molar-refractivity contribution is 8.01. The summed E-state index contributed by atoms with van der Waals surface area (Å²) in [4.78, 5) is 25.2. The van der Waals surface area contributed by atoms with Gasteiger partial charge in [0.2, 0.25) is 11.8 Å². The minimum absolute atomic E-state index is 0.0749. The number of benzene rings is 2. The molecule has 0 fully saturated rings. The van der Waals surface area contributed by atoms with Crippen molar-refractivity contribution in [1.82, 2.24) is 0 Å². The molecule has 3 rings (SSSR count). The molecule has 6 nitrogen and oxygen atoms in total. The molecule has 1 aliphatic heterocycles. The van der Waals surface area contributed by atoms with Crippen molar-refractivity contribution >= 4 is 56.4 Å². The van der Waals surface area contributed by atoms with Gasteiger partial charge in [-0.3, -0.25) is 9.59 Å². The van der Waals surface area contributed by atoms with Crippen LogP contribution in [-0.2, 0) is 19.4 Å². The van der Waals surface area contributed by atoms with Crippen molar-refractivity contribution in [3.05, 3.63) is 47.0 Å². The number of anilines is 2. The standard InChI is InChI=1S/C20H21ClN2O4S2/c1-11-4-5-14(21)9-16(11)22-19(24)8-12(2)29(26,27)15-6-7-18-17(10-15)23-20(25)13(3)28-18/h4-7,9-10,12-13H,8H2,1-3H3,(H,22,24)(H,23,25)/t12-,13-/m0/s1. The van der Waals surface area contributed by atoms with Gasteiger partial charge in [-0.15, -0.1) is 11.8 Å². The van der Waals surface area contributed by atoms with Gasteiger partial charge >= 0.3 is 0 Å². The SMILES string of the molecule is Cc1ccc(Cl)cc1NC(=O)C[C@H](C)S(=O)(=O)c1ccc2c(c1)NC(=O)[C@H](C)S2. The molecule has 0 bridgehead atoms. The van der Waals surface area contributed by atoms with Gasteiger partial charge in [-0.05, 0) is 56.7 Å². The molecule has 2 atom stereocenters. The number of hydrogen-bond donors (Lipinski definition) is 2. The van der Waals surface area contributed by atoms with Crippen LogP contribution >= 0.6 is 23.4 Å². The van der Waals surface area contributed by atoms with E-state index < -0.39 is 21.0 Å². The maximum Gasteiger partial charge on any atom is 0.237 e. The van der Waals surface area contributed by atoms with Gasteiger partial charge in [0.1, 0.15) is 0 Å². The summed E-state index contributed by atoms with van der Waals surface area (Å²) in [7, 11) is -3.76. The van der Waals surface area contributed by atoms with Crippen LogP contribution in [0.3, 0.4) is 0 Å². The fraction of sp³-hybridized carbons (Fsp3) is 0.300. The van der Waals surface area contributed by atoms with Crippen LogP contribution in [-0.4, -0.2) is 30.7 Å². The zero-order valence-electron chi connectivity index (χ0n) is 16.2. The number of hydrogen-bond acceptors (Lipinski definition) is 5. The number of nitrogens with one attached hydrogen (secondary N) is 2. The predicted molar refractivity (Wildman–Crippen MR) is 116 cm³/mol. The number of fused-ring (bicyclic) bond motifs is 1. The van der Waals surface area contributed by atoms with E-state index in [1.807, 2.05) is 6.92 Å². The molecule has 0 aliphatic carbocycles. The van der Waals surface area contributed by atoms with Crippen LogP contribution in [0.25, 0.3) is 0 Å². The first-order valence-corrected chi connectivity index (χ1v) is 11.8. The number of rotatable bonds is 5. The van der Waals surface area contributed by atoms with Gasteiger partial charge in [0.05, 0.1) is 21.1 Å². The van der Waals surface area contributed by atoms with Gasteiger partial charge in [-0.25, -0.2) is 8.42 Å². The lowest BCUT2D eigenvalue weighted by Crippen LogP contribution is -2.27. The molecule has 2 aromatic carbocycles. The topological polar surface area (TPSA) is 92.3 Å². The molecule has 2 aromatic rings. The highest BCUT2D eigenvalue weighted by atomic mass is 35.5. The van der Waals surface area contributed by atoms with Crippen molar-refractivity contribution in [3.63, 3.8) is 0 Å². The van der Waals surface area contributed by atoms with Gasteiger partial charge in [-0.1, -0.05) is 17.7 Å². The van der Waals surface area contributed by atoms with Gasteiger partial charge in [0.15, 0.2) is 9.84 Å². The zero-order chi connectivity index (χ0) is 21.3. The van der Waals surface area contributed by atoms with Gasteiger partial charge < -0.3 is 10.6 Å². The van der Waals surface area contributed by atoms with Gasteiger partial charge in [0.25, 0.3) is 0 Å². The Hall–Kier alpha value is -2.03. The number of carbonyl (C=O) groups is 2. The number of aryl methyl sites for hydroxylation is 1. The molecular weight excluding hydrogens is 432 g/mol. The van der Waals surface area contributed by atoms with Crippen LogP contribution < -0.4 is 10.6 Å². The average molecular weight is 453 g/mol. The average Bonchev–Trinajstić information content (AvgIpc) is 2.65. The number of halogens is 1. The molecule has 0 saturated heterocycles. The molecule has 0 aromatic heterocycles. The lowest BCUT2D eigenvalue weighted by atomic mass is 10.2. The summed E-state index contributed by atoms with van der Waals surface area (Å²) in [6.07, 6.45) is -0.205. The van der Waals surface area contributed by atoms with Gasteiger partial charge in [0, 0.05) is 22.0 Å². The van der Waals surface area contributed by atoms with Crippen molar-refractivity contribution in [1.29, 1.82) is 0 Å².